The van der Waals surface area contributed by atoms with Gasteiger partial charge in [0.25, 0.3) is 0 Å². The highest BCUT2D eigenvalue weighted by atomic mass is 16.3. The largest absolute Gasteiger partial charge is 0.505 e. The van der Waals surface area contributed by atoms with Gasteiger partial charge in [0.05, 0.1) is 23.2 Å². The summed E-state index contributed by atoms with van der Waals surface area (Å²) in [5.41, 5.74) is 3.04. The molecular formula is C29H36N6O9. The molecule has 0 radical (unpaired) electrons. The standard InChI is InChI=1S/C29H36N6O9/c1-32(2)16-10-15(31-17(36)11-35-7-6-34(5)28(35)43)22(37)19-13(16)8-12-9-14-21(33(3)4)24(39)20(27(30)42)26(41)29(14,44)25(40)18(12)23(19)38/h10,12,14,18,20-21,37,44H,6-9,11H2,1-5H3,(H2,30,42)(H,31,36)/t12?,14?,18?,20?,21-,29-/m0/s1. The lowest BCUT2D eigenvalue weighted by Gasteiger charge is -2.52. The Morgan fingerprint density at radius 1 is 1.09 bits per heavy atom. The minimum atomic E-state index is -2.84. The van der Waals surface area contributed by atoms with Crippen molar-refractivity contribution < 1.29 is 43.8 Å². The van der Waals surface area contributed by atoms with Gasteiger partial charge in [0.2, 0.25) is 11.8 Å². The van der Waals surface area contributed by atoms with Crippen LogP contribution in [-0.2, 0) is 30.4 Å². The highest BCUT2D eigenvalue weighted by Crippen LogP contribution is 2.52. The van der Waals surface area contributed by atoms with Crippen LogP contribution in [0.4, 0.5) is 16.2 Å². The molecule has 1 heterocycles. The number of likely N-dealkylation sites (N-methyl/N-ethyl adjacent to an activating group) is 2. The van der Waals surface area contributed by atoms with Gasteiger partial charge in [0.15, 0.2) is 34.7 Å². The Balaban J connectivity index is 1.55. The van der Waals surface area contributed by atoms with Crippen LogP contribution >= 0.6 is 0 Å². The van der Waals surface area contributed by atoms with Crippen LogP contribution in [0.3, 0.4) is 0 Å². The number of Topliss-reactive ketones (excluding diaryl/α,β-unsaturated/α-hetero) is 4. The molecule has 236 valence electrons. The number of carbonyl (C=O) groups is 7. The van der Waals surface area contributed by atoms with E-state index in [1.165, 1.54) is 34.9 Å². The van der Waals surface area contributed by atoms with Gasteiger partial charge in [0.1, 0.15) is 12.3 Å². The van der Waals surface area contributed by atoms with Gasteiger partial charge in [-0.2, -0.15) is 0 Å². The lowest BCUT2D eigenvalue weighted by molar-refractivity contribution is -0.181. The topological polar surface area (TPSA) is 211 Å². The van der Waals surface area contributed by atoms with E-state index in [9.17, 15) is 43.8 Å². The Kier molecular flexibility index (Phi) is 7.53. The minimum Gasteiger partial charge on any atom is -0.505 e. The molecular weight excluding hydrogens is 576 g/mol. The van der Waals surface area contributed by atoms with E-state index in [2.05, 4.69) is 5.32 Å². The second-order valence-corrected chi connectivity index (χ2v) is 12.5. The number of benzene rings is 1. The van der Waals surface area contributed by atoms with Crippen molar-refractivity contribution in [2.45, 2.75) is 24.5 Å². The third-order valence-corrected chi connectivity index (χ3v) is 9.43. The van der Waals surface area contributed by atoms with Crippen molar-refractivity contribution in [1.82, 2.24) is 14.7 Å². The number of aliphatic hydroxyl groups is 1. The van der Waals surface area contributed by atoms with E-state index in [0.717, 1.165) is 0 Å². The minimum absolute atomic E-state index is 0.0751. The number of hydrogen-bond donors (Lipinski definition) is 4. The monoisotopic (exact) mass is 612 g/mol. The number of phenolic OH excluding ortho intramolecular Hbond substituents is 1. The SMILES string of the molecule is CN1CCN(CC(=O)Nc2cc(N(C)C)c3c(c2O)C(=O)C2C(=O)[C@]4(O)C(=O)C(C(N)=O)C(=O)[C@@H](N(C)C)C4CC2C3)C1=O. The lowest BCUT2D eigenvalue weighted by atomic mass is 9.52. The molecule has 2 saturated carbocycles. The first-order valence-electron chi connectivity index (χ1n) is 14.2. The fourth-order valence-electron chi connectivity index (χ4n) is 7.36. The number of rotatable bonds is 6. The number of aromatic hydroxyl groups is 1. The molecule has 6 atom stereocenters. The van der Waals surface area contributed by atoms with Gasteiger partial charge in [-0.3, -0.25) is 33.7 Å². The number of primary amides is 1. The first-order valence-corrected chi connectivity index (χ1v) is 14.2. The Hall–Kier alpha value is -4.37. The van der Waals surface area contributed by atoms with E-state index in [1.807, 2.05) is 0 Å². The molecule has 0 bridgehead atoms. The molecule has 4 amide bonds. The summed E-state index contributed by atoms with van der Waals surface area (Å²) < 4.78 is 0. The first-order chi connectivity index (χ1) is 20.5. The molecule has 4 unspecified atom stereocenters. The van der Waals surface area contributed by atoms with Gasteiger partial charge in [-0.25, -0.2) is 4.79 Å². The third-order valence-electron chi connectivity index (χ3n) is 9.43. The van der Waals surface area contributed by atoms with Crippen molar-refractivity contribution in [3.05, 3.63) is 17.2 Å². The average Bonchev–Trinajstić information content (AvgIpc) is 3.23. The molecule has 1 aromatic carbocycles. The summed E-state index contributed by atoms with van der Waals surface area (Å²) >= 11 is 0. The van der Waals surface area contributed by atoms with Crippen LogP contribution < -0.4 is 16.0 Å². The Labute approximate surface area is 252 Å². The van der Waals surface area contributed by atoms with Gasteiger partial charge < -0.3 is 36.0 Å². The van der Waals surface area contributed by atoms with Gasteiger partial charge in [-0.05, 0) is 44.5 Å². The second kappa shape index (κ2) is 10.7. The van der Waals surface area contributed by atoms with Gasteiger partial charge in [-0.1, -0.05) is 0 Å². The van der Waals surface area contributed by atoms with E-state index < -0.39 is 76.0 Å². The fourth-order valence-corrected chi connectivity index (χ4v) is 7.36. The number of nitrogens with one attached hydrogen (secondary N) is 1. The average molecular weight is 613 g/mol. The molecule has 15 heteroatoms. The van der Waals surface area contributed by atoms with Crippen LogP contribution in [0.5, 0.6) is 5.75 Å². The number of ketones is 4. The van der Waals surface area contributed by atoms with E-state index in [-0.39, 0.29) is 36.7 Å². The molecule has 1 saturated heterocycles. The third kappa shape index (κ3) is 4.44. The summed E-state index contributed by atoms with van der Waals surface area (Å²) in [6.07, 6.45) is 0.00404. The number of anilines is 2. The van der Waals surface area contributed by atoms with Crippen LogP contribution in [0, 0.1) is 23.7 Å². The summed E-state index contributed by atoms with van der Waals surface area (Å²) in [6.45, 7) is 0.494. The van der Waals surface area contributed by atoms with E-state index in [0.29, 0.717) is 24.3 Å². The molecule has 1 aliphatic heterocycles. The highest BCUT2D eigenvalue weighted by Gasteiger charge is 2.69. The fraction of sp³-hybridized carbons (Fsp3) is 0.552. The van der Waals surface area contributed by atoms with E-state index >= 15 is 0 Å². The molecule has 0 aromatic heterocycles. The van der Waals surface area contributed by atoms with Gasteiger partial charge in [-0.15, -0.1) is 0 Å². The number of urea groups is 1. The molecule has 15 nitrogen and oxygen atoms in total. The van der Waals surface area contributed by atoms with E-state index in [4.69, 9.17) is 5.73 Å². The number of nitrogens with two attached hydrogens (primary N) is 1. The van der Waals surface area contributed by atoms with Crippen molar-refractivity contribution in [1.29, 1.82) is 0 Å². The van der Waals surface area contributed by atoms with Crippen molar-refractivity contribution >= 4 is 52.4 Å². The molecule has 4 aliphatic rings. The number of amides is 4. The first kappa shape index (κ1) is 31.1. The molecule has 1 aromatic rings. The Morgan fingerprint density at radius 2 is 1.75 bits per heavy atom. The normalized spacial score (nSPS) is 29.9. The summed E-state index contributed by atoms with van der Waals surface area (Å²) in [5, 5.41) is 25.6. The Bertz CT molecular complexity index is 1520. The highest BCUT2D eigenvalue weighted by molar-refractivity contribution is 6.32. The maximum atomic E-state index is 14.1. The zero-order chi connectivity index (χ0) is 32.6. The molecule has 5 rings (SSSR count). The smallest absolute Gasteiger partial charge is 0.320 e. The predicted octanol–water partition coefficient (Wildman–Crippen LogP) is -1.76. The van der Waals surface area contributed by atoms with Crippen molar-refractivity contribution in [2.24, 2.45) is 29.4 Å². The molecule has 3 aliphatic carbocycles. The van der Waals surface area contributed by atoms with Crippen LogP contribution in [0.25, 0.3) is 0 Å². The molecule has 44 heavy (non-hydrogen) atoms. The number of phenols is 1. The molecule has 3 fully saturated rings. The summed E-state index contributed by atoms with van der Waals surface area (Å²) in [4.78, 5) is 98.1. The lowest BCUT2D eigenvalue weighted by Crippen LogP contribution is -2.74. The number of carbonyl (C=O) groups excluding carboxylic acids is 7. The van der Waals surface area contributed by atoms with Crippen LogP contribution in [-0.4, -0.2) is 132 Å². The van der Waals surface area contributed by atoms with Crippen LogP contribution in [0.1, 0.15) is 22.3 Å². The molecule has 5 N–H and O–H groups in total. The number of hydrogen-bond acceptors (Lipinski definition) is 11. The zero-order valence-electron chi connectivity index (χ0n) is 25.1. The maximum absolute atomic E-state index is 14.1. The second-order valence-electron chi connectivity index (χ2n) is 12.5. The maximum Gasteiger partial charge on any atom is 0.320 e. The quantitative estimate of drug-likeness (QED) is 0.209. The summed E-state index contributed by atoms with van der Waals surface area (Å²) in [6, 6.07) is -0.0314. The number of fused-ring (bicyclic) bond motifs is 3. The molecule has 0 spiro atoms. The Morgan fingerprint density at radius 3 is 2.30 bits per heavy atom. The van der Waals surface area contributed by atoms with E-state index in [1.54, 1.807) is 26.0 Å². The van der Waals surface area contributed by atoms with Gasteiger partial charge >= 0.3 is 6.03 Å². The number of nitrogens with zero attached hydrogens (tertiary/aromatic N) is 4. The predicted molar refractivity (Wildman–Crippen MR) is 154 cm³/mol. The summed E-state index contributed by atoms with van der Waals surface area (Å²) in [5.74, 6) is -12.3. The zero-order valence-corrected chi connectivity index (χ0v) is 25.1. The van der Waals surface area contributed by atoms with Gasteiger partial charge in [0, 0.05) is 45.8 Å². The van der Waals surface area contributed by atoms with Crippen molar-refractivity contribution in [3.63, 3.8) is 0 Å². The van der Waals surface area contributed by atoms with Crippen molar-refractivity contribution in [2.75, 3.05) is 65.1 Å². The van der Waals surface area contributed by atoms with Crippen LogP contribution in [0.2, 0.25) is 0 Å². The summed E-state index contributed by atoms with van der Waals surface area (Å²) in [7, 11) is 8.04. The van der Waals surface area contributed by atoms with Crippen molar-refractivity contribution in [3.8, 4) is 5.75 Å². The van der Waals surface area contributed by atoms with Crippen LogP contribution in [0.15, 0.2) is 6.07 Å².